The first kappa shape index (κ1) is 54.9. The summed E-state index contributed by atoms with van der Waals surface area (Å²) in [6.45, 7) is 12.9. The SMILES string of the molecule is Cc1sc2c(c1C)C(c1ccc(Cl)cc1)=N[C@@H](CC(=O)N1CCN(C(=O)C3CCN(C(=O)CN4CCC(Nc5cccc6c5cc(C#CCNc5ccc(P(C)(C)=O)cc5)n6CC(F)(F)F)CC4)CC3)CC1)c1nnc(C)n1-2. The number of hydrogen-bond donors (Lipinski definition) is 2. The molecule has 78 heavy (non-hydrogen) atoms. The molecule has 0 saturated carbocycles. The minimum Gasteiger partial charge on any atom is -0.382 e. The van der Waals surface area contributed by atoms with Gasteiger partial charge < -0.3 is 34.5 Å². The molecule has 1 atom stereocenters. The Bertz CT molecular complexity index is 3370. The van der Waals surface area contributed by atoms with Gasteiger partial charge in [0.1, 0.15) is 30.6 Å². The molecule has 3 aromatic heterocycles. The number of halogens is 4. The fourth-order valence-corrected chi connectivity index (χ4v) is 13.3. The summed E-state index contributed by atoms with van der Waals surface area (Å²) in [4.78, 5) is 55.7. The average Bonchev–Trinajstić information content (AvgIpc) is 4.28. The van der Waals surface area contributed by atoms with Crippen LogP contribution in [-0.4, -0.2) is 153 Å². The van der Waals surface area contributed by atoms with E-state index in [1.807, 2.05) is 68.7 Å². The summed E-state index contributed by atoms with van der Waals surface area (Å²) in [5.41, 5.74) is 6.00. The number of nitrogens with one attached hydrogen (secondary N) is 2. The quantitative estimate of drug-likeness (QED) is 0.0904. The predicted molar refractivity (Wildman–Crippen MR) is 302 cm³/mol. The maximum Gasteiger partial charge on any atom is 0.406 e. The fraction of sp³-hybridized carbons (Fsp3) is 0.439. The lowest BCUT2D eigenvalue weighted by atomic mass is 9.94. The Morgan fingerprint density at radius 3 is 2.19 bits per heavy atom. The zero-order valence-corrected chi connectivity index (χ0v) is 47.0. The van der Waals surface area contributed by atoms with Crippen molar-refractivity contribution in [1.82, 2.24) is 38.9 Å². The van der Waals surface area contributed by atoms with Crippen LogP contribution in [0, 0.1) is 38.5 Å². The van der Waals surface area contributed by atoms with Gasteiger partial charge in [-0.05, 0) is 126 Å². The van der Waals surface area contributed by atoms with Crippen molar-refractivity contribution in [2.24, 2.45) is 10.9 Å². The molecule has 21 heteroatoms. The number of benzene rings is 3. The zero-order valence-electron chi connectivity index (χ0n) is 44.5. The van der Waals surface area contributed by atoms with Crippen molar-refractivity contribution in [1.29, 1.82) is 0 Å². The van der Waals surface area contributed by atoms with Crippen molar-refractivity contribution in [2.45, 2.75) is 77.7 Å². The largest absolute Gasteiger partial charge is 0.406 e. The lowest BCUT2D eigenvalue weighted by molar-refractivity contribution is -0.145. The Hall–Kier alpha value is -6.45. The van der Waals surface area contributed by atoms with Crippen molar-refractivity contribution in [3.8, 4) is 16.8 Å². The molecule has 0 bridgehead atoms. The molecule has 6 aromatic rings. The van der Waals surface area contributed by atoms with E-state index in [1.54, 1.807) is 55.0 Å². The Balaban J connectivity index is 0.688. The molecule has 0 unspecified atom stereocenters. The molecule has 2 N–H and O–H groups in total. The summed E-state index contributed by atoms with van der Waals surface area (Å²) in [6, 6.07) is 21.3. The van der Waals surface area contributed by atoms with Crippen LogP contribution in [0.25, 0.3) is 15.9 Å². The number of aromatic nitrogens is 4. The Labute approximate surface area is 461 Å². The third-order valence-electron chi connectivity index (χ3n) is 15.5. The number of piperidine rings is 2. The second-order valence-electron chi connectivity index (χ2n) is 21.2. The number of piperazine rings is 1. The highest BCUT2D eigenvalue weighted by Crippen LogP contribution is 2.40. The summed E-state index contributed by atoms with van der Waals surface area (Å²) >= 11 is 7.95. The lowest BCUT2D eigenvalue weighted by Gasteiger charge is -2.39. The molecule has 3 amide bonds. The molecular formula is C57H64ClF3N11O4PS. The van der Waals surface area contributed by atoms with Crippen LogP contribution >= 0.6 is 30.1 Å². The van der Waals surface area contributed by atoms with E-state index in [2.05, 4.69) is 51.4 Å². The number of amides is 3. The summed E-state index contributed by atoms with van der Waals surface area (Å²) in [5.74, 6) is 7.13. The van der Waals surface area contributed by atoms with Crippen LogP contribution in [0.5, 0.6) is 0 Å². The van der Waals surface area contributed by atoms with Crippen LogP contribution < -0.4 is 15.9 Å². The Morgan fingerprint density at radius 1 is 0.833 bits per heavy atom. The fourth-order valence-electron chi connectivity index (χ4n) is 11.1. The van der Waals surface area contributed by atoms with Crippen LogP contribution in [0.2, 0.25) is 5.02 Å². The van der Waals surface area contributed by atoms with E-state index < -0.39 is 25.9 Å². The number of likely N-dealkylation sites (tertiary alicyclic amines) is 2. The monoisotopic (exact) mass is 1120 g/mol. The first-order valence-corrected chi connectivity index (χ1v) is 30.3. The third kappa shape index (κ3) is 12.1. The number of thiophene rings is 1. The molecule has 15 nitrogen and oxygen atoms in total. The summed E-state index contributed by atoms with van der Waals surface area (Å²) < 4.78 is 57.4. The smallest absolute Gasteiger partial charge is 0.382 e. The number of aliphatic imine (C=N–C) groups is 1. The highest BCUT2D eigenvalue weighted by atomic mass is 35.5. The van der Waals surface area contributed by atoms with Crippen molar-refractivity contribution >= 4 is 81.1 Å². The number of aryl methyl sites for hydroxylation is 2. The number of carbonyl (C=O) groups is 3. The number of anilines is 2. The van der Waals surface area contributed by atoms with Crippen molar-refractivity contribution < 1.29 is 32.1 Å². The van der Waals surface area contributed by atoms with Crippen molar-refractivity contribution in [2.75, 3.05) is 89.4 Å². The molecular weight excluding hydrogens is 1060 g/mol. The van der Waals surface area contributed by atoms with Gasteiger partial charge >= 0.3 is 6.18 Å². The van der Waals surface area contributed by atoms with E-state index >= 15 is 0 Å². The minimum atomic E-state index is -4.46. The number of rotatable bonds is 12. The summed E-state index contributed by atoms with van der Waals surface area (Å²) in [5, 5.41) is 18.8. The Kier molecular flexibility index (Phi) is 16.0. The molecule has 3 fully saturated rings. The summed E-state index contributed by atoms with van der Waals surface area (Å²) in [7, 11) is -2.40. The van der Waals surface area contributed by atoms with Gasteiger partial charge in [-0.15, -0.1) is 21.5 Å². The van der Waals surface area contributed by atoms with E-state index in [9.17, 15) is 32.1 Å². The third-order valence-corrected chi connectivity index (χ3v) is 18.5. The molecule has 0 aliphatic carbocycles. The molecule has 3 saturated heterocycles. The molecule has 7 heterocycles. The number of fused-ring (bicyclic) bond motifs is 4. The lowest BCUT2D eigenvalue weighted by Crippen LogP contribution is -2.53. The molecule has 410 valence electrons. The van der Waals surface area contributed by atoms with Crippen LogP contribution in [0.15, 0.2) is 77.8 Å². The molecule has 10 rings (SSSR count). The molecule has 0 spiro atoms. The first-order valence-electron chi connectivity index (χ1n) is 26.5. The van der Waals surface area contributed by atoms with Crippen LogP contribution in [-0.2, 0) is 25.5 Å². The minimum absolute atomic E-state index is 0.0361. The standard InChI is InChI=1S/C57H64ClF3N11O4PS/c1-36-37(2)78-56-52(36)53(39-11-13-41(58)14-12-39)64-48(54-66-65-38(3)72(54)56)33-50(73)69-28-30-70(31-29-69)55(75)40-19-26-68(27-20-40)51(74)34-67-24-21-43(22-25-67)63-47-9-6-10-49-46(47)32-44(71(49)35-57(59,60)61)8-7-23-62-42-15-17-45(18-16-42)77(4,5)76/h6,9-18,32,40,43,48,62-63H,19-31,33-35H2,1-5H3/t48-/m0/s1. The van der Waals surface area contributed by atoms with E-state index in [0.29, 0.717) is 86.9 Å². The summed E-state index contributed by atoms with van der Waals surface area (Å²) in [6.07, 6.45) is -1.71. The maximum absolute atomic E-state index is 14.1. The number of carbonyl (C=O) groups excluding carboxylic acids is 3. The number of nitrogens with zero attached hydrogens (tertiary/aromatic N) is 9. The molecule has 4 aliphatic rings. The second kappa shape index (κ2) is 22.7. The van der Waals surface area contributed by atoms with Crippen molar-refractivity contribution in [3.05, 3.63) is 117 Å². The van der Waals surface area contributed by atoms with E-state index in [0.717, 1.165) is 67.6 Å². The predicted octanol–water partition coefficient (Wildman–Crippen LogP) is 8.90. The first-order chi connectivity index (χ1) is 37.3. The van der Waals surface area contributed by atoms with Crippen LogP contribution in [0.3, 0.4) is 0 Å². The van der Waals surface area contributed by atoms with Gasteiger partial charge in [0.15, 0.2) is 5.82 Å². The molecule has 4 aliphatic heterocycles. The van der Waals surface area contributed by atoms with Gasteiger partial charge in [-0.3, -0.25) is 28.8 Å². The van der Waals surface area contributed by atoms with E-state index in [-0.39, 0.29) is 54.9 Å². The zero-order chi connectivity index (χ0) is 55.0. The van der Waals surface area contributed by atoms with Crippen LogP contribution in [0.1, 0.15) is 77.1 Å². The van der Waals surface area contributed by atoms with Crippen molar-refractivity contribution in [3.63, 3.8) is 0 Å². The van der Waals surface area contributed by atoms with Crippen LogP contribution in [0.4, 0.5) is 24.5 Å². The van der Waals surface area contributed by atoms with E-state index in [4.69, 9.17) is 16.6 Å². The number of hydrogen-bond acceptors (Lipinski definition) is 11. The van der Waals surface area contributed by atoms with Gasteiger partial charge in [0.2, 0.25) is 17.7 Å². The second-order valence-corrected chi connectivity index (χ2v) is 26.0. The Morgan fingerprint density at radius 2 is 1.51 bits per heavy atom. The molecule has 0 radical (unpaired) electrons. The van der Waals surface area contributed by atoms with Gasteiger partial charge in [-0.2, -0.15) is 13.2 Å². The van der Waals surface area contributed by atoms with Gasteiger partial charge in [0.05, 0.1) is 36.4 Å². The topological polar surface area (TPSA) is 153 Å². The number of alkyl halides is 3. The average molecular weight is 1120 g/mol. The van der Waals surface area contributed by atoms with E-state index in [1.165, 1.54) is 4.57 Å². The van der Waals surface area contributed by atoms with Gasteiger partial charge in [0, 0.05) is 107 Å². The molecule has 3 aromatic carbocycles. The normalized spacial score (nSPS) is 17.7. The maximum atomic E-state index is 14.1. The van der Waals surface area contributed by atoms with Gasteiger partial charge in [0.25, 0.3) is 0 Å². The van der Waals surface area contributed by atoms with Gasteiger partial charge in [-0.1, -0.05) is 35.7 Å². The highest BCUT2D eigenvalue weighted by molar-refractivity contribution is 7.70. The van der Waals surface area contributed by atoms with Gasteiger partial charge in [-0.25, -0.2) is 0 Å². The highest BCUT2D eigenvalue weighted by Gasteiger charge is 2.37.